The number of furan rings is 1. The van der Waals surface area contributed by atoms with Crippen LogP contribution in [0.25, 0.3) is 11.0 Å². The van der Waals surface area contributed by atoms with E-state index in [0.717, 1.165) is 17.8 Å². The number of thiophene rings is 1. The third kappa shape index (κ3) is 2.76. The Bertz CT molecular complexity index is 714. The standard InChI is InChI=1S/C18H21NOS/c1-4-15(17-10-7-11-21-17)19-13(3)18-12(2)14-8-5-6-9-16(14)20-18/h5-11,13,15,19H,4H2,1-3H3. The first-order valence-electron chi connectivity index (χ1n) is 7.48. The first-order chi connectivity index (χ1) is 10.2. The van der Waals surface area contributed by atoms with Crippen LogP contribution in [-0.4, -0.2) is 0 Å². The SMILES string of the molecule is CCC(NC(C)c1oc2ccccc2c1C)c1cccs1. The lowest BCUT2D eigenvalue weighted by molar-refractivity contribution is 0.399. The van der Waals surface area contributed by atoms with E-state index >= 15 is 0 Å². The Kier molecular flexibility index (Phi) is 4.13. The fraction of sp³-hybridized carbons (Fsp3) is 0.333. The largest absolute Gasteiger partial charge is 0.459 e. The molecule has 0 radical (unpaired) electrons. The third-order valence-corrected chi connectivity index (χ3v) is 5.01. The number of hydrogen-bond donors (Lipinski definition) is 1. The summed E-state index contributed by atoms with van der Waals surface area (Å²) < 4.78 is 6.06. The van der Waals surface area contributed by atoms with Crippen LogP contribution in [0.5, 0.6) is 0 Å². The number of nitrogens with one attached hydrogen (secondary N) is 1. The van der Waals surface area contributed by atoms with E-state index in [2.05, 4.69) is 55.7 Å². The lowest BCUT2D eigenvalue weighted by Gasteiger charge is -2.20. The summed E-state index contributed by atoms with van der Waals surface area (Å²) in [6.07, 6.45) is 1.07. The predicted molar refractivity (Wildman–Crippen MR) is 89.9 cm³/mol. The highest BCUT2D eigenvalue weighted by molar-refractivity contribution is 7.10. The second-order valence-electron chi connectivity index (χ2n) is 5.45. The number of aryl methyl sites for hydroxylation is 1. The van der Waals surface area contributed by atoms with Gasteiger partial charge < -0.3 is 4.42 Å². The Balaban J connectivity index is 1.86. The summed E-state index contributed by atoms with van der Waals surface area (Å²) >= 11 is 1.81. The monoisotopic (exact) mass is 299 g/mol. The molecular formula is C18H21NOS. The van der Waals surface area contributed by atoms with Gasteiger partial charge in [-0.05, 0) is 43.3 Å². The van der Waals surface area contributed by atoms with Crippen molar-refractivity contribution in [2.75, 3.05) is 0 Å². The molecule has 3 aromatic rings. The highest BCUT2D eigenvalue weighted by atomic mass is 32.1. The van der Waals surface area contributed by atoms with Crippen LogP contribution < -0.4 is 5.32 Å². The normalized spacial score (nSPS) is 14.4. The van der Waals surface area contributed by atoms with Gasteiger partial charge in [-0.25, -0.2) is 0 Å². The van der Waals surface area contributed by atoms with Gasteiger partial charge in [-0.3, -0.25) is 5.32 Å². The highest BCUT2D eigenvalue weighted by Crippen LogP contribution is 2.31. The molecule has 0 bridgehead atoms. The zero-order valence-electron chi connectivity index (χ0n) is 12.7. The van der Waals surface area contributed by atoms with Crippen LogP contribution in [0.4, 0.5) is 0 Å². The quantitative estimate of drug-likeness (QED) is 0.663. The number of rotatable bonds is 5. The molecule has 0 spiro atoms. The van der Waals surface area contributed by atoms with Gasteiger partial charge in [0.15, 0.2) is 0 Å². The van der Waals surface area contributed by atoms with Crippen molar-refractivity contribution in [3.05, 3.63) is 58.0 Å². The fourth-order valence-corrected chi connectivity index (χ4v) is 3.74. The molecule has 2 atom stereocenters. The van der Waals surface area contributed by atoms with Crippen LogP contribution >= 0.6 is 11.3 Å². The van der Waals surface area contributed by atoms with Crippen LogP contribution in [0.2, 0.25) is 0 Å². The topological polar surface area (TPSA) is 25.2 Å². The van der Waals surface area contributed by atoms with Crippen molar-refractivity contribution in [1.82, 2.24) is 5.32 Å². The van der Waals surface area contributed by atoms with Gasteiger partial charge in [0.1, 0.15) is 11.3 Å². The van der Waals surface area contributed by atoms with Crippen LogP contribution in [0.15, 0.2) is 46.2 Å². The molecule has 0 fully saturated rings. The van der Waals surface area contributed by atoms with E-state index in [1.165, 1.54) is 15.8 Å². The summed E-state index contributed by atoms with van der Waals surface area (Å²) in [6.45, 7) is 6.54. The average Bonchev–Trinajstić information content (AvgIpc) is 3.13. The summed E-state index contributed by atoms with van der Waals surface area (Å²) in [5, 5.41) is 7.05. The summed E-state index contributed by atoms with van der Waals surface area (Å²) in [6, 6.07) is 13.1. The second kappa shape index (κ2) is 6.04. The van der Waals surface area contributed by atoms with Crippen molar-refractivity contribution in [2.45, 2.75) is 39.3 Å². The molecule has 0 aliphatic heterocycles. The zero-order chi connectivity index (χ0) is 14.8. The zero-order valence-corrected chi connectivity index (χ0v) is 13.5. The van der Waals surface area contributed by atoms with Gasteiger partial charge in [-0.15, -0.1) is 11.3 Å². The van der Waals surface area contributed by atoms with Crippen molar-refractivity contribution in [2.24, 2.45) is 0 Å². The maximum absolute atomic E-state index is 6.06. The van der Waals surface area contributed by atoms with Gasteiger partial charge in [-0.2, -0.15) is 0 Å². The van der Waals surface area contributed by atoms with Crippen molar-refractivity contribution < 1.29 is 4.42 Å². The Morgan fingerprint density at radius 3 is 2.67 bits per heavy atom. The van der Waals surface area contributed by atoms with Crippen molar-refractivity contribution in [1.29, 1.82) is 0 Å². The summed E-state index contributed by atoms with van der Waals surface area (Å²) in [7, 11) is 0. The van der Waals surface area contributed by atoms with Crippen LogP contribution in [0.1, 0.15) is 48.6 Å². The first kappa shape index (κ1) is 14.4. The minimum atomic E-state index is 0.199. The molecule has 1 N–H and O–H groups in total. The molecule has 21 heavy (non-hydrogen) atoms. The molecule has 0 aliphatic carbocycles. The third-order valence-electron chi connectivity index (χ3n) is 4.02. The van der Waals surface area contributed by atoms with E-state index in [0.29, 0.717) is 6.04 Å². The molecule has 2 nitrogen and oxygen atoms in total. The molecule has 3 heteroatoms. The minimum absolute atomic E-state index is 0.199. The van der Waals surface area contributed by atoms with Gasteiger partial charge in [-0.1, -0.05) is 31.2 Å². The maximum atomic E-state index is 6.06. The second-order valence-corrected chi connectivity index (χ2v) is 6.43. The van der Waals surface area contributed by atoms with Gasteiger partial charge in [0, 0.05) is 16.3 Å². The first-order valence-corrected chi connectivity index (χ1v) is 8.36. The lowest BCUT2D eigenvalue weighted by Crippen LogP contribution is -2.23. The maximum Gasteiger partial charge on any atom is 0.134 e. The number of benzene rings is 1. The molecule has 110 valence electrons. The Morgan fingerprint density at radius 2 is 2.00 bits per heavy atom. The van der Waals surface area contributed by atoms with Crippen LogP contribution in [0.3, 0.4) is 0 Å². The minimum Gasteiger partial charge on any atom is -0.459 e. The molecule has 0 amide bonds. The average molecular weight is 299 g/mol. The summed E-state index contributed by atoms with van der Waals surface area (Å²) in [5.74, 6) is 1.05. The van der Waals surface area contributed by atoms with Crippen molar-refractivity contribution in [3.63, 3.8) is 0 Å². The lowest BCUT2D eigenvalue weighted by atomic mass is 10.1. The van der Waals surface area contributed by atoms with Gasteiger partial charge in [0.05, 0.1) is 6.04 Å². The van der Waals surface area contributed by atoms with E-state index in [1.807, 2.05) is 23.5 Å². The summed E-state index contributed by atoms with van der Waals surface area (Å²) in [5.41, 5.74) is 2.22. The van der Waals surface area contributed by atoms with Crippen molar-refractivity contribution in [3.8, 4) is 0 Å². The Hall–Kier alpha value is -1.58. The van der Waals surface area contributed by atoms with Crippen LogP contribution in [0, 0.1) is 6.92 Å². The molecular weight excluding hydrogens is 278 g/mol. The van der Waals surface area contributed by atoms with E-state index < -0.39 is 0 Å². The molecule has 2 aromatic heterocycles. The molecule has 2 heterocycles. The van der Waals surface area contributed by atoms with Crippen molar-refractivity contribution >= 4 is 22.3 Å². The highest BCUT2D eigenvalue weighted by Gasteiger charge is 2.20. The predicted octanol–water partition coefficient (Wildman–Crippen LogP) is 5.60. The molecule has 2 unspecified atom stereocenters. The van der Waals surface area contributed by atoms with Gasteiger partial charge in [0.25, 0.3) is 0 Å². The fourth-order valence-electron chi connectivity index (χ4n) is 2.87. The van der Waals surface area contributed by atoms with Crippen LogP contribution in [-0.2, 0) is 0 Å². The summed E-state index contributed by atoms with van der Waals surface area (Å²) in [4.78, 5) is 1.39. The smallest absolute Gasteiger partial charge is 0.134 e. The number of fused-ring (bicyclic) bond motifs is 1. The van der Waals surface area contributed by atoms with Gasteiger partial charge >= 0.3 is 0 Å². The van der Waals surface area contributed by atoms with Gasteiger partial charge in [0.2, 0.25) is 0 Å². The molecule has 0 saturated carbocycles. The number of hydrogen-bond acceptors (Lipinski definition) is 3. The molecule has 1 aromatic carbocycles. The molecule has 0 saturated heterocycles. The number of para-hydroxylation sites is 1. The van der Waals surface area contributed by atoms with E-state index in [4.69, 9.17) is 4.42 Å². The molecule has 3 rings (SSSR count). The van der Waals surface area contributed by atoms with E-state index in [1.54, 1.807) is 0 Å². The molecule has 0 aliphatic rings. The van der Waals surface area contributed by atoms with E-state index in [9.17, 15) is 0 Å². The van der Waals surface area contributed by atoms with E-state index in [-0.39, 0.29) is 6.04 Å². The Labute approximate surface area is 129 Å². The Morgan fingerprint density at radius 1 is 1.19 bits per heavy atom.